The molecule has 3 N–H and O–H groups in total. The Morgan fingerprint density at radius 1 is 1.29 bits per heavy atom. The molecule has 1 aromatic carbocycles. The lowest BCUT2D eigenvalue weighted by molar-refractivity contribution is -0.137. The van der Waals surface area contributed by atoms with Crippen molar-refractivity contribution in [3.63, 3.8) is 0 Å². The van der Waals surface area contributed by atoms with Crippen LogP contribution in [0, 0.1) is 11.3 Å². The van der Waals surface area contributed by atoms with Crippen LogP contribution in [0.15, 0.2) is 24.5 Å². The van der Waals surface area contributed by atoms with Crippen LogP contribution in [0.4, 0.5) is 19.1 Å². The number of hydrogen-bond donors (Lipinski definition) is 3. The maximum Gasteiger partial charge on any atom is 0.419 e. The number of fused-ring (bicyclic) bond motifs is 1. The van der Waals surface area contributed by atoms with E-state index >= 15 is 0 Å². The van der Waals surface area contributed by atoms with E-state index in [1.165, 1.54) is 6.20 Å². The Labute approximate surface area is 197 Å². The summed E-state index contributed by atoms with van der Waals surface area (Å²) >= 11 is 0. The molecule has 180 valence electrons. The van der Waals surface area contributed by atoms with E-state index in [2.05, 4.69) is 51.8 Å². The van der Waals surface area contributed by atoms with Crippen LogP contribution in [0.3, 0.4) is 0 Å². The van der Waals surface area contributed by atoms with Gasteiger partial charge in [-0.25, -0.2) is 9.97 Å². The third kappa shape index (κ3) is 4.70. The number of nitriles is 1. The van der Waals surface area contributed by atoms with Gasteiger partial charge in [-0.3, -0.25) is 0 Å². The molecule has 3 aromatic rings. The summed E-state index contributed by atoms with van der Waals surface area (Å²) in [5.41, 5.74) is 0.340. The Bertz CT molecular complexity index is 1320. The highest BCUT2D eigenvalue weighted by Gasteiger charge is 2.36. The van der Waals surface area contributed by atoms with Crippen molar-refractivity contribution in [3.8, 4) is 17.3 Å². The van der Waals surface area contributed by atoms with Gasteiger partial charge in [0, 0.05) is 46.8 Å². The Morgan fingerprint density at radius 3 is 2.62 bits per heavy atom. The van der Waals surface area contributed by atoms with Gasteiger partial charge >= 0.3 is 6.18 Å². The lowest BCUT2D eigenvalue weighted by Gasteiger charge is -2.36. The number of aromatic amines is 1. The SMILES string of the molecule is C=P(C)(C)c1c(C#N)ccc2c(-c3nc(NC4CCC(C)(C)NC4)ncc3C(F)(F)F)c[nH]c12. The van der Waals surface area contributed by atoms with E-state index in [0.717, 1.165) is 24.3 Å². The number of nitrogens with zero attached hydrogens (tertiary/aromatic N) is 3. The van der Waals surface area contributed by atoms with Crippen LogP contribution in [0.5, 0.6) is 0 Å². The fourth-order valence-electron chi connectivity index (χ4n) is 4.39. The van der Waals surface area contributed by atoms with Gasteiger partial charge in [0.2, 0.25) is 5.95 Å². The van der Waals surface area contributed by atoms with Crippen molar-refractivity contribution in [3.05, 3.63) is 35.7 Å². The molecule has 1 unspecified atom stereocenters. The number of H-pyrrole nitrogens is 1. The maximum atomic E-state index is 13.9. The first-order valence-corrected chi connectivity index (χ1v) is 13.9. The van der Waals surface area contributed by atoms with Gasteiger partial charge < -0.3 is 15.6 Å². The molecule has 0 spiro atoms. The van der Waals surface area contributed by atoms with Gasteiger partial charge in [0.25, 0.3) is 0 Å². The molecule has 0 radical (unpaired) electrons. The molecule has 1 saturated heterocycles. The third-order valence-corrected chi connectivity index (χ3v) is 7.86. The molecule has 1 fully saturated rings. The first kappa shape index (κ1) is 24.3. The molecule has 3 heterocycles. The van der Waals surface area contributed by atoms with E-state index in [0.29, 0.717) is 28.6 Å². The van der Waals surface area contributed by atoms with Crippen LogP contribution in [-0.2, 0) is 6.18 Å². The van der Waals surface area contributed by atoms with E-state index in [-0.39, 0.29) is 23.2 Å². The Kier molecular flexibility index (Phi) is 6.03. The lowest BCUT2D eigenvalue weighted by Crippen LogP contribution is -2.50. The highest BCUT2D eigenvalue weighted by atomic mass is 31.2. The van der Waals surface area contributed by atoms with Gasteiger partial charge in [-0.15, -0.1) is 0 Å². The minimum Gasteiger partial charge on any atom is -0.360 e. The molecular weight excluding hydrogens is 460 g/mol. The zero-order chi connectivity index (χ0) is 24.9. The van der Waals surface area contributed by atoms with Crippen molar-refractivity contribution in [2.75, 3.05) is 25.2 Å². The van der Waals surface area contributed by atoms with E-state index < -0.39 is 18.6 Å². The topological polar surface area (TPSA) is 89.4 Å². The fraction of sp³-hybridized carbons (Fsp3) is 0.417. The summed E-state index contributed by atoms with van der Waals surface area (Å²) in [5, 5.41) is 17.5. The van der Waals surface area contributed by atoms with Crippen LogP contribution < -0.4 is 15.9 Å². The minimum atomic E-state index is -4.62. The third-order valence-electron chi connectivity index (χ3n) is 6.18. The maximum absolute atomic E-state index is 13.9. The summed E-state index contributed by atoms with van der Waals surface area (Å²) in [7, 11) is 0. The summed E-state index contributed by atoms with van der Waals surface area (Å²) < 4.78 is 41.8. The molecule has 1 aliphatic heterocycles. The van der Waals surface area contributed by atoms with Crippen LogP contribution in [-0.4, -0.2) is 52.7 Å². The molecule has 0 amide bonds. The molecule has 2 aromatic heterocycles. The summed E-state index contributed by atoms with van der Waals surface area (Å²) in [4.78, 5) is 11.4. The molecule has 10 heteroatoms. The van der Waals surface area contributed by atoms with E-state index in [4.69, 9.17) is 0 Å². The van der Waals surface area contributed by atoms with Crippen molar-refractivity contribution in [1.29, 1.82) is 5.26 Å². The molecular formula is C24H28F3N6P. The second-order valence-electron chi connectivity index (χ2n) is 9.98. The number of aromatic nitrogens is 3. The largest absolute Gasteiger partial charge is 0.419 e. The van der Waals surface area contributed by atoms with Crippen molar-refractivity contribution in [1.82, 2.24) is 20.3 Å². The molecule has 1 atom stereocenters. The molecule has 4 rings (SSSR count). The van der Waals surface area contributed by atoms with Gasteiger partial charge in [-0.1, -0.05) is 19.3 Å². The number of halogens is 3. The molecule has 0 bridgehead atoms. The van der Waals surface area contributed by atoms with Crippen LogP contribution in [0.1, 0.15) is 37.8 Å². The summed E-state index contributed by atoms with van der Waals surface area (Å²) in [6, 6.07) is 5.51. The lowest BCUT2D eigenvalue weighted by atomic mass is 9.91. The average Bonchev–Trinajstić information content (AvgIpc) is 3.16. The van der Waals surface area contributed by atoms with Gasteiger partial charge in [-0.05, 0) is 46.1 Å². The van der Waals surface area contributed by atoms with Crippen molar-refractivity contribution in [2.45, 2.75) is 44.4 Å². The van der Waals surface area contributed by atoms with Gasteiger partial charge in [-0.2, -0.15) is 18.4 Å². The Morgan fingerprint density at radius 2 is 2.03 bits per heavy atom. The zero-order valence-electron chi connectivity index (χ0n) is 19.6. The number of alkyl halides is 3. The number of benzene rings is 1. The molecule has 0 aliphatic carbocycles. The Hall–Kier alpha value is -2.82. The smallest absolute Gasteiger partial charge is 0.360 e. The number of piperidine rings is 1. The van der Waals surface area contributed by atoms with Crippen LogP contribution >= 0.6 is 6.89 Å². The minimum absolute atomic E-state index is 0.0159. The van der Waals surface area contributed by atoms with Crippen LogP contribution in [0.25, 0.3) is 22.2 Å². The van der Waals surface area contributed by atoms with Gasteiger partial charge in [0.15, 0.2) is 0 Å². The predicted molar refractivity (Wildman–Crippen MR) is 133 cm³/mol. The number of hydrogen-bond acceptors (Lipinski definition) is 5. The normalized spacial score (nSPS) is 18.6. The zero-order valence-corrected chi connectivity index (χ0v) is 20.5. The first-order chi connectivity index (χ1) is 15.8. The van der Waals surface area contributed by atoms with Gasteiger partial charge in [0.1, 0.15) is 5.56 Å². The summed E-state index contributed by atoms with van der Waals surface area (Å²) in [5.74, 6) is 0.155. The van der Waals surface area contributed by atoms with Crippen LogP contribution in [0.2, 0.25) is 0 Å². The van der Waals surface area contributed by atoms with E-state index in [9.17, 15) is 18.4 Å². The van der Waals surface area contributed by atoms with Crippen molar-refractivity contribution in [2.24, 2.45) is 0 Å². The summed E-state index contributed by atoms with van der Waals surface area (Å²) in [6.45, 7) is 6.93. The highest BCUT2D eigenvalue weighted by molar-refractivity contribution is 7.79. The van der Waals surface area contributed by atoms with Crippen molar-refractivity contribution < 1.29 is 13.2 Å². The number of nitrogens with one attached hydrogen (secondary N) is 3. The van der Waals surface area contributed by atoms with Gasteiger partial charge in [0.05, 0.1) is 22.8 Å². The second-order valence-corrected chi connectivity index (χ2v) is 13.8. The van der Waals surface area contributed by atoms with Crippen molar-refractivity contribution >= 4 is 35.3 Å². The fourth-order valence-corrected chi connectivity index (χ4v) is 5.96. The Balaban J connectivity index is 1.82. The van der Waals surface area contributed by atoms with E-state index in [1.54, 1.807) is 12.1 Å². The monoisotopic (exact) mass is 488 g/mol. The average molecular weight is 488 g/mol. The first-order valence-electron chi connectivity index (χ1n) is 11.0. The number of rotatable bonds is 4. The summed E-state index contributed by atoms with van der Waals surface area (Å²) in [6.07, 6.45) is 3.77. The quantitative estimate of drug-likeness (QED) is 0.460. The van der Waals surface area contributed by atoms with E-state index in [1.807, 2.05) is 13.3 Å². The number of anilines is 1. The molecule has 1 aliphatic rings. The molecule has 34 heavy (non-hydrogen) atoms. The molecule has 6 nitrogen and oxygen atoms in total. The standard InChI is InChI=1S/C24H28F3N6P/c1-23(2)9-8-15(11-31-23)32-22-30-13-18(24(25,26)27)19(33-22)17-12-29-20-16(17)7-6-14(10-28)21(20)34(3,4)5/h6-7,12-13,15,29,31H,3,8-9,11H2,1-2,4-5H3,(H,30,32,33). The highest BCUT2D eigenvalue weighted by Crippen LogP contribution is 2.42. The second kappa shape index (κ2) is 8.44. The predicted octanol–water partition coefficient (Wildman–Crippen LogP) is 4.79. The molecule has 0 saturated carbocycles.